The van der Waals surface area contributed by atoms with Gasteiger partial charge in [-0.2, -0.15) is 4.31 Å². The maximum atomic E-state index is 12.9. The standard InChI is InChI=1S/C23H28N2O5S/c1-16-11-17(2)14-25(13-16)31(28,29)22-9-7-20(8-10-22)24-23(27)15-30-21-6-4-5-19(12-21)18(3)26/h4-10,12,16-17H,11,13-15H2,1-3H3,(H,24,27). The van der Waals surface area contributed by atoms with Gasteiger partial charge in [0.15, 0.2) is 12.4 Å². The highest BCUT2D eigenvalue weighted by Gasteiger charge is 2.31. The van der Waals surface area contributed by atoms with Crippen LogP contribution >= 0.6 is 0 Å². The number of hydrogen-bond acceptors (Lipinski definition) is 5. The van der Waals surface area contributed by atoms with Crippen molar-refractivity contribution in [3.05, 3.63) is 54.1 Å². The SMILES string of the molecule is CC(=O)c1cccc(OCC(=O)Nc2ccc(S(=O)(=O)N3CC(C)CC(C)C3)cc2)c1. The Morgan fingerprint density at radius 1 is 1.06 bits per heavy atom. The van der Waals surface area contributed by atoms with E-state index in [4.69, 9.17) is 4.74 Å². The predicted octanol–water partition coefficient (Wildman–Crippen LogP) is 3.57. The molecular formula is C23H28N2O5S. The second-order valence-electron chi connectivity index (χ2n) is 8.21. The average Bonchev–Trinajstić information content (AvgIpc) is 2.72. The van der Waals surface area contributed by atoms with E-state index < -0.39 is 10.0 Å². The van der Waals surface area contributed by atoms with Crippen LogP contribution in [0.1, 0.15) is 37.6 Å². The van der Waals surface area contributed by atoms with Gasteiger partial charge in [-0.25, -0.2) is 8.42 Å². The fraction of sp³-hybridized carbons (Fsp3) is 0.391. The van der Waals surface area contributed by atoms with Gasteiger partial charge in [0.2, 0.25) is 10.0 Å². The van der Waals surface area contributed by atoms with E-state index in [1.807, 2.05) is 0 Å². The number of carbonyl (C=O) groups excluding carboxylic acids is 2. The molecule has 166 valence electrons. The number of carbonyl (C=O) groups is 2. The lowest BCUT2D eigenvalue weighted by Gasteiger charge is -2.34. The van der Waals surface area contributed by atoms with Gasteiger partial charge in [-0.15, -0.1) is 0 Å². The first kappa shape index (κ1) is 23.0. The normalized spacial score (nSPS) is 19.6. The molecule has 1 aliphatic heterocycles. The van der Waals surface area contributed by atoms with Crippen molar-refractivity contribution in [2.24, 2.45) is 11.8 Å². The highest BCUT2D eigenvalue weighted by molar-refractivity contribution is 7.89. The molecule has 0 aliphatic carbocycles. The summed E-state index contributed by atoms with van der Waals surface area (Å²) in [6, 6.07) is 12.8. The van der Waals surface area contributed by atoms with E-state index in [0.717, 1.165) is 6.42 Å². The monoisotopic (exact) mass is 444 g/mol. The van der Waals surface area contributed by atoms with Crippen molar-refractivity contribution in [1.29, 1.82) is 0 Å². The van der Waals surface area contributed by atoms with Crippen molar-refractivity contribution >= 4 is 27.4 Å². The molecule has 0 aromatic heterocycles. The summed E-state index contributed by atoms with van der Waals surface area (Å²) in [5.41, 5.74) is 0.984. The van der Waals surface area contributed by atoms with E-state index in [1.54, 1.807) is 40.7 Å². The topological polar surface area (TPSA) is 92.8 Å². The third-order valence-electron chi connectivity index (χ3n) is 5.22. The molecule has 2 aromatic carbocycles. The summed E-state index contributed by atoms with van der Waals surface area (Å²) >= 11 is 0. The summed E-state index contributed by atoms with van der Waals surface area (Å²) in [6.07, 6.45) is 1.03. The molecule has 3 rings (SSSR count). The molecule has 2 atom stereocenters. The van der Waals surface area contributed by atoms with Gasteiger partial charge in [0.1, 0.15) is 5.75 Å². The third kappa shape index (κ3) is 5.92. The largest absolute Gasteiger partial charge is 0.484 e. The second-order valence-corrected chi connectivity index (χ2v) is 10.2. The molecule has 1 amide bonds. The van der Waals surface area contributed by atoms with Crippen LogP contribution in [0.2, 0.25) is 0 Å². The highest BCUT2D eigenvalue weighted by Crippen LogP contribution is 2.27. The van der Waals surface area contributed by atoms with Gasteiger partial charge in [0.05, 0.1) is 4.90 Å². The minimum Gasteiger partial charge on any atom is -0.484 e. The molecule has 8 heteroatoms. The first-order valence-corrected chi connectivity index (χ1v) is 11.7. The molecular weight excluding hydrogens is 416 g/mol. The summed E-state index contributed by atoms with van der Waals surface area (Å²) < 4.78 is 32.9. The van der Waals surface area contributed by atoms with Crippen LogP contribution < -0.4 is 10.1 Å². The van der Waals surface area contributed by atoms with Crippen molar-refractivity contribution in [2.45, 2.75) is 32.1 Å². The Balaban J connectivity index is 1.59. The Morgan fingerprint density at radius 3 is 2.32 bits per heavy atom. The van der Waals surface area contributed by atoms with Crippen LogP contribution in [0, 0.1) is 11.8 Å². The lowest BCUT2D eigenvalue weighted by atomic mass is 9.94. The van der Waals surface area contributed by atoms with Crippen molar-refractivity contribution in [3.63, 3.8) is 0 Å². The molecule has 0 bridgehead atoms. The maximum Gasteiger partial charge on any atom is 0.262 e. The van der Waals surface area contributed by atoms with Gasteiger partial charge in [0.25, 0.3) is 5.91 Å². The van der Waals surface area contributed by atoms with E-state index in [1.165, 1.54) is 19.1 Å². The number of benzene rings is 2. The molecule has 1 aliphatic rings. The number of nitrogens with zero attached hydrogens (tertiary/aromatic N) is 1. The summed E-state index contributed by atoms with van der Waals surface area (Å²) in [5, 5.41) is 2.68. The molecule has 0 saturated carbocycles. The van der Waals surface area contributed by atoms with Crippen LogP contribution in [0.3, 0.4) is 0 Å². The number of hydrogen-bond donors (Lipinski definition) is 1. The van der Waals surface area contributed by atoms with E-state index in [2.05, 4.69) is 19.2 Å². The van der Waals surface area contributed by atoms with Crippen LogP contribution in [0.5, 0.6) is 5.75 Å². The number of amides is 1. The minimum atomic E-state index is -3.56. The maximum absolute atomic E-state index is 12.9. The zero-order valence-electron chi connectivity index (χ0n) is 18.0. The fourth-order valence-corrected chi connectivity index (χ4v) is 5.49. The van der Waals surface area contributed by atoms with Gasteiger partial charge < -0.3 is 10.1 Å². The first-order valence-electron chi connectivity index (χ1n) is 10.3. The lowest BCUT2D eigenvalue weighted by Crippen LogP contribution is -2.42. The third-order valence-corrected chi connectivity index (χ3v) is 7.07. The molecule has 1 fully saturated rings. The molecule has 7 nitrogen and oxygen atoms in total. The Bertz CT molecular complexity index is 1040. The Kier molecular flexibility index (Phi) is 7.12. The molecule has 2 aromatic rings. The van der Waals surface area contributed by atoms with Crippen LogP contribution in [0.15, 0.2) is 53.4 Å². The van der Waals surface area contributed by atoms with Crippen molar-refractivity contribution < 1.29 is 22.7 Å². The van der Waals surface area contributed by atoms with Gasteiger partial charge in [-0.05, 0) is 61.6 Å². The quantitative estimate of drug-likeness (QED) is 0.659. The van der Waals surface area contributed by atoms with E-state index in [9.17, 15) is 18.0 Å². The van der Waals surface area contributed by atoms with Crippen molar-refractivity contribution in [3.8, 4) is 5.75 Å². The highest BCUT2D eigenvalue weighted by atomic mass is 32.2. The van der Waals surface area contributed by atoms with Crippen LogP contribution in [0.25, 0.3) is 0 Å². The molecule has 1 saturated heterocycles. The summed E-state index contributed by atoms with van der Waals surface area (Å²) in [4.78, 5) is 23.8. The minimum absolute atomic E-state index is 0.0848. The number of sulfonamides is 1. The Morgan fingerprint density at radius 2 is 1.71 bits per heavy atom. The molecule has 0 spiro atoms. The van der Waals surface area contributed by atoms with E-state index in [-0.39, 0.29) is 23.2 Å². The molecule has 0 radical (unpaired) electrons. The second kappa shape index (κ2) is 9.62. The Labute approximate surface area is 183 Å². The number of anilines is 1. The number of Topliss-reactive ketones (excluding diaryl/α,β-unsaturated/α-hetero) is 1. The molecule has 1 heterocycles. The molecule has 2 unspecified atom stereocenters. The predicted molar refractivity (Wildman–Crippen MR) is 119 cm³/mol. The van der Waals surface area contributed by atoms with Crippen LogP contribution in [-0.2, 0) is 14.8 Å². The number of ketones is 1. The summed E-state index contributed by atoms with van der Waals surface area (Å²) in [6.45, 7) is 6.40. The number of rotatable bonds is 7. The number of ether oxygens (including phenoxy) is 1. The van der Waals surface area contributed by atoms with Crippen molar-refractivity contribution in [2.75, 3.05) is 25.0 Å². The van der Waals surface area contributed by atoms with E-state index >= 15 is 0 Å². The molecule has 31 heavy (non-hydrogen) atoms. The zero-order valence-corrected chi connectivity index (χ0v) is 18.8. The van der Waals surface area contributed by atoms with Crippen LogP contribution in [0.4, 0.5) is 5.69 Å². The number of piperidine rings is 1. The first-order chi connectivity index (χ1) is 14.6. The van der Waals surface area contributed by atoms with E-state index in [0.29, 0.717) is 41.9 Å². The van der Waals surface area contributed by atoms with Crippen LogP contribution in [-0.4, -0.2) is 44.1 Å². The van der Waals surface area contributed by atoms with Crippen molar-refractivity contribution in [1.82, 2.24) is 4.31 Å². The Hall–Kier alpha value is -2.71. The lowest BCUT2D eigenvalue weighted by molar-refractivity contribution is -0.118. The fourth-order valence-electron chi connectivity index (χ4n) is 3.81. The van der Waals surface area contributed by atoms with Gasteiger partial charge in [-0.1, -0.05) is 26.0 Å². The zero-order chi connectivity index (χ0) is 22.6. The summed E-state index contributed by atoms with van der Waals surface area (Å²) in [5.74, 6) is 0.608. The van der Waals surface area contributed by atoms with Gasteiger partial charge in [0, 0.05) is 24.3 Å². The van der Waals surface area contributed by atoms with Gasteiger partial charge in [-0.3, -0.25) is 9.59 Å². The number of nitrogens with one attached hydrogen (secondary N) is 1. The molecule has 1 N–H and O–H groups in total. The van der Waals surface area contributed by atoms with Gasteiger partial charge >= 0.3 is 0 Å². The smallest absolute Gasteiger partial charge is 0.262 e. The summed E-state index contributed by atoms with van der Waals surface area (Å²) in [7, 11) is -3.56. The average molecular weight is 445 g/mol.